The van der Waals surface area contributed by atoms with Gasteiger partial charge in [-0.3, -0.25) is 0 Å². The van der Waals surface area contributed by atoms with Crippen molar-refractivity contribution in [1.29, 1.82) is 5.26 Å². The van der Waals surface area contributed by atoms with E-state index in [1.54, 1.807) is 0 Å². The van der Waals surface area contributed by atoms with E-state index < -0.39 is 5.54 Å². The van der Waals surface area contributed by atoms with Gasteiger partial charge < -0.3 is 5.32 Å². The van der Waals surface area contributed by atoms with E-state index in [1.807, 2.05) is 67.6 Å². The third kappa shape index (κ3) is 2.36. The molecule has 2 rings (SSSR count). The highest BCUT2D eigenvalue weighted by Gasteiger charge is 2.29. The van der Waals surface area contributed by atoms with Crippen LogP contribution in [0.3, 0.4) is 0 Å². The van der Waals surface area contributed by atoms with E-state index in [1.165, 1.54) is 0 Å². The van der Waals surface area contributed by atoms with Crippen molar-refractivity contribution in [3.63, 3.8) is 0 Å². The lowest BCUT2D eigenvalue weighted by Crippen LogP contribution is -2.32. The lowest BCUT2D eigenvalue weighted by molar-refractivity contribution is 0.604. The average molecular weight is 236 g/mol. The summed E-state index contributed by atoms with van der Waals surface area (Å²) in [5.41, 5.74) is 1.30. The van der Waals surface area contributed by atoms with E-state index >= 15 is 0 Å². The van der Waals surface area contributed by atoms with E-state index in [0.717, 1.165) is 11.3 Å². The third-order valence-corrected chi connectivity index (χ3v) is 3.12. The molecule has 0 spiro atoms. The zero-order valence-corrected chi connectivity index (χ0v) is 10.4. The summed E-state index contributed by atoms with van der Waals surface area (Å²) in [6.07, 6.45) is 0.711. The highest BCUT2D eigenvalue weighted by Crippen LogP contribution is 2.28. The van der Waals surface area contributed by atoms with Crippen LogP contribution in [-0.4, -0.2) is 0 Å². The number of nitrogens with zero attached hydrogens (tertiary/aromatic N) is 1. The average Bonchev–Trinajstić information content (AvgIpc) is 2.47. The van der Waals surface area contributed by atoms with Gasteiger partial charge >= 0.3 is 0 Å². The molecule has 0 bridgehead atoms. The molecule has 2 aromatic rings. The maximum absolute atomic E-state index is 9.58. The maximum Gasteiger partial charge on any atom is 0.150 e. The van der Waals surface area contributed by atoms with Gasteiger partial charge in [-0.2, -0.15) is 5.26 Å². The van der Waals surface area contributed by atoms with Crippen molar-refractivity contribution < 1.29 is 0 Å². The highest BCUT2D eigenvalue weighted by atomic mass is 15.0. The van der Waals surface area contributed by atoms with Gasteiger partial charge in [-0.1, -0.05) is 55.5 Å². The zero-order valence-electron chi connectivity index (χ0n) is 10.4. The molecule has 90 valence electrons. The van der Waals surface area contributed by atoms with Crippen LogP contribution in [0.15, 0.2) is 60.7 Å². The summed E-state index contributed by atoms with van der Waals surface area (Å²) < 4.78 is 0. The van der Waals surface area contributed by atoms with Gasteiger partial charge in [-0.15, -0.1) is 0 Å². The molecule has 0 saturated carbocycles. The molecule has 2 heteroatoms. The van der Waals surface area contributed by atoms with E-state index in [4.69, 9.17) is 0 Å². The fourth-order valence-corrected chi connectivity index (χ4v) is 2.03. The Kier molecular flexibility index (Phi) is 3.64. The molecule has 1 atom stereocenters. The predicted molar refractivity (Wildman–Crippen MR) is 74.1 cm³/mol. The second kappa shape index (κ2) is 5.37. The van der Waals surface area contributed by atoms with Crippen molar-refractivity contribution in [3.05, 3.63) is 66.2 Å². The lowest BCUT2D eigenvalue weighted by Gasteiger charge is -2.28. The Morgan fingerprint density at radius 2 is 1.56 bits per heavy atom. The van der Waals surface area contributed by atoms with Crippen molar-refractivity contribution in [3.8, 4) is 6.07 Å². The Balaban J connectivity index is 2.37. The highest BCUT2D eigenvalue weighted by molar-refractivity contribution is 5.50. The van der Waals surface area contributed by atoms with Gasteiger partial charge in [0.25, 0.3) is 0 Å². The number of hydrogen-bond donors (Lipinski definition) is 1. The molecule has 0 fully saturated rings. The Labute approximate surface area is 108 Å². The monoisotopic (exact) mass is 236 g/mol. The first kappa shape index (κ1) is 12.2. The Hall–Kier alpha value is -2.27. The number of nitriles is 1. The summed E-state index contributed by atoms with van der Waals surface area (Å²) in [5, 5.41) is 12.9. The molecule has 0 heterocycles. The topological polar surface area (TPSA) is 35.8 Å². The van der Waals surface area contributed by atoms with Gasteiger partial charge in [0.2, 0.25) is 0 Å². The molecule has 0 radical (unpaired) electrons. The minimum Gasteiger partial charge on any atom is -0.364 e. The Morgan fingerprint density at radius 1 is 1.00 bits per heavy atom. The fraction of sp³-hybridized carbons (Fsp3) is 0.188. The lowest BCUT2D eigenvalue weighted by atomic mass is 9.88. The van der Waals surface area contributed by atoms with Crippen LogP contribution in [-0.2, 0) is 5.54 Å². The number of hydrogen-bond acceptors (Lipinski definition) is 2. The second-order valence-electron chi connectivity index (χ2n) is 4.23. The summed E-state index contributed by atoms with van der Waals surface area (Å²) in [7, 11) is 0. The van der Waals surface area contributed by atoms with Gasteiger partial charge in [0.05, 0.1) is 6.07 Å². The molecular weight excluding hydrogens is 220 g/mol. The van der Waals surface area contributed by atoms with Crippen LogP contribution >= 0.6 is 0 Å². The molecule has 2 nitrogen and oxygen atoms in total. The first-order valence-corrected chi connectivity index (χ1v) is 6.11. The predicted octanol–water partition coefficient (Wildman–Crippen LogP) is 3.93. The van der Waals surface area contributed by atoms with Gasteiger partial charge in [-0.25, -0.2) is 0 Å². The van der Waals surface area contributed by atoms with Gasteiger partial charge in [0, 0.05) is 5.69 Å². The zero-order chi connectivity index (χ0) is 12.8. The molecule has 0 aliphatic carbocycles. The quantitative estimate of drug-likeness (QED) is 0.873. The summed E-state index contributed by atoms with van der Waals surface area (Å²) in [4.78, 5) is 0. The standard InChI is InChI=1S/C16H16N2/c1-2-16(13-17,14-9-5-3-6-10-14)18-15-11-7-4-8-12-15/h3-12,18H,2H2,1H3. The summed E-state index contributed by atoms with van der Waals surface area (Å²) >= 11 is 0. The van der Waals surface area contributed by atoms with Crippen molar-refractivity contribution in [2.75, 3.05) is 5.32 Å². The normalized spacial score (nSPS) is 13.3. The minimum atomic E-state index is -0.664. The van der Waals surface area contributed by atoms with E-state index in [2.05, 4.69) is 11.4 Å². The number of nitrogens with one attached hydrogen (secondary N) is 1. The number of benzene rings is 2. The van der Waals surface area contributed by atoms with E-state index in [9.17, 15) is 5.26 Å². The minimum absolute atomic E-state index is 0.664. The molecular formula is C16H16N2. The number of anilines is 1. The van der Waals surface area contributed by atoms with Crippen molar-refractivity contribution in [2.24, 2.45) is 0 Å². The molecule has 0 aliphatic heterocycles. The maximum atomic E-state index is 9.58. The van der Waals surface area contributed by atoms with Crippen LogP contribution in [0, 0.1) is 11.3 Å². The molecule has 1 N–H and O–H groups in total. The SMILES string of the molecule is CCC(C#N)(Nc1ccccc1)c1ccccc1. The molecule has 0 aromatic heterocycles. The smallest absolute Gasteiger partial charge is 0.150 e. The van der Waals surface area contributed by atoms with Crippen LogP contribution in [0.1, 0.15) is 18.9 Å². The van der Waals surface area contributed by atoms with Crippen LogP contribution in [0.2, 0.25) is 0 Å². The Bertz CT molecular complexity index is 528. The summed E-state index contributed by atoms with van der Waals surface area (Å²) in [6.45, 7) is 2.02. The largest absolute Gasteiger partial charge is 0.364 e. The van der Waals surface area contributed by atoms with Crippen LogP contribution in [0.4, 0.5) is 5.69 Å². The number of para-hydroxylation sites is 1. The molecule has 18 heavy (non-hydrogen) atoms. The van der Waals surface area contributed by atoms with Crippen molar-refractivity contribution >= 4 is 5.69 Å². The van der Waals surface area contributed by atoms with Crippen molar-refractivity contribution in [1.82, 2.24) is 0 Å². The van der Waals surface area contributed by atoms with Crippen LogP contribution in [0.5, 0.6) is 0 Å². The van der Waals surface area contributed by atoms with Gasteiger partial charge in [0.1, 0.15) is 0 Å². The van der Waals surface area contributed by atoms with Gasteiger partial charge in [0.15, 0.2) is 5.54 Å². The van der Waals surface area contributed by atoms with Crippen LogP contribution in [0.25, 0.3) is 0 Å². The Morgan fingerprint density at radius 3 is 2.06 bits per heavy atom. The first-order chi connectivity index (χ1) is 8.80. The summed E-state index contributed by atoms with van der Waals surface area (Å²) in [5.74, 6) is 0. The molecule has 1 unspecified atom stereocenters. The number of rotatable bonds is 4. The molecule has 2 aromatic carbocycles. The molecule has 0 saturated heterocycles. The van der Waals surface area contributed by atoms with E-state index in [-0.39, 0.29) is 0 Å². The van der Waals surface area contributed by atoms with Crippen LogP contribution < -0.4 is 5.32 Å². The third-order valence-electron chi connectivity index (χ3n) is 3.12. The fourth-order valence-electron chi connectivity index (χ4n) is 2.03. The molecule has 0 amide bonds. The van der Waals surface area contributed by atoms with E-state index in [0.29, 0.717) is 6.42 Å². The van der Waals surface area contributed by atoms with Crippen molar-refractivity contribution in [2.45, 2.75) is 18.9 Å². The van der Waals surface area contributed by atoms with Gasteiger partial charge in [-0.05, 0) is 24.1 Å². The first-order valence-electron chi connectivity index (χ1n) is 6.11. The second-order valence-corrected chi connectivity index (χ2v) is 4.23. The molecule has 0 aliphatic rings. The summed E-state index contributed by atoms with van der Waals surface area (Å²) in [6, 6.07) is 22.1.